The van der Waals surface area contributed by atoms with Crippen LogP contribution in [0.25, 0.3) is 32.6 Å². The third-order valence-corrected chi connectivity index (χ3v) is 11.8. The quantitative estimate of drug-likeness (QED) is 0.0343. The monoisotopic (exact) mass is 772 g/mol. The molecule has 0 spiro atoms. The lowest BCUT2D eigenvalue weighted by molar-refractivity contribution is -0.140. The molecule has 0 bridgehead atoms. The Bertz CT molecular complexity index is 2440. The van der Waals surface area contributed by atoms with E-state index in [4.69, 9.17) is 9.57 Å². The third kappa shape index (κ3) is 8.30. The molecule has 4 unspecified atom stereocenters. The number of fused-ring (bicyclic) bond motifs is 5. The number of alkyl halides is 1. The van der Waals surface area contributed by atoms with E-state index in [1.54, 1.807) is 6.92 Å². The number of nitrogens with zero attached hydrogens (tertiary/aromatic N) is 2. The van der Waals surface area contributed by atoms with Crippen LogP contribution in [0.4, 0.5) is 4.39 Å². The summed E-state index contributed by atoms with van der Waals surface area (Å²) in [7, 11) is 2.56. The molecule has 6 rings (SSSR count). The van der Waals surface area contributed by atoms with Gasteiger partial charge in [-0.1, -0.05) is 105 Å². The van der Waals surface area contributed by atoms with Crippen LogP contribution in [0, 0.1) is 26.7 Å². The number of carbonyl (C=O) groups excluding carboxylic acids is 2. The Morgan fingerprint density at radius 3 is 2.21 bits per heavy atom. The smallest absolute Gasteiger partial charge is 0.332 e. The molecule has 0 aliphatic heterocycles. The van der Waals surface area contributed by atoms with Crippen LogP contribution in [0.1, 0.15) is 104 Å². The molecule has 4 atom stereocenters. The Morgan fingerprint density at radius 1 is 0.875 bits per heavy atom. The minimum Gasteiger partial charge on any atom is -0.492 e. The van der Waals surface area contributed by atoms with Gasteiger partial charge in [0, 0.05) is 62.6 Å². The number of para-hydroxylation sites is 1. The normalized spacial score (nSPS) is 14.2. The minimum atomic E-state index is -1.13. The summed E-state index contributed by atoms with van der Waals surface area (Å²) in [5.74, 6) is 0.387. The van der Waals surface area contributed by atoms with Crippen molar-refractivity contribution in [3.63, 3.8) is 0 Å². The van der Waals surface area contributed by atoms with E-state index < -0.39 is 17.3 Å². The van der Waals surface area contributed by atoms with Crippen molar-refractivity contribution in [1.82, 2.24) is 4.57 Å². The van der Waals surface area contributed by atoms with E-state index in [2.05, 4.69) is 82.2 Å². The highest BCUT2D eigenvalue weighted by molar-refractivity contribution is 7.19. The summed E-state index contributed by atoms with van der Waals surface area (Å²) >= 11 is 0. The molecule has 6 aromatic rings. The Hall–Kier alpha value is -4.87. The van der Waals surface area contributed by atoms with Gasteiger partial charge in [0.1, 0.15) is 17.6 Å². The zero-order valence-electron chi connectivity index (χ0n) is 34.0. The molecule has 0 saturated heterocycles. The molecule has 1 heterocycles. The Labute approximate surface area is 332 Å². The average molecular weight is 773 g/mol. The first-order chi connectivity index (χ1) is 26.7. The number of halogens is 1. The highest BCUT2D eigenvalue weighted by Crippen LogP contribution is 2.40. The number of rotatable bonds is 15. The van der Waals surface area contributed by atoms with E-state index in [1.807, 2.05) is 56.3 Å². The van der Waals surface area contributed by atoms with Crippen molar-refractivity contribution < 1.29 is 23.6 Å². The van der Waals surface area contributed by atoms with E-state index in [0.29, 0.717) is 34.1 Å². The lowest BCUT2D eigenvalue weighted by Crippen LogP contribution is -2.34. The first kappa shape index (κ1) is 40.8. The van der Waals surface area contributed by atoms with Gasteiger partial charge in [0.05, 0.1) is 12.1 Å². The van der Waals surface area contributed by atoms with Crippen LogP contribution in [0.15, 0.2) is 90.1 Å². The van der Waals surface area contributed by atoms with E-state index in [-0.39, 0.29) is 12.4 Å². The molecule has 0 aliphatic carbocycles. The van der Waals surface area contributed by atoms with Gasteiger partial charge in [-0.05, 0) is 86.9 Å². The van der Waals surface area contributed by atoms with Gasteiger partial charge >= 0.3 is 5.97 Å². The number of ketones is 1. The predicted molar refractivity (Wildman–Crippen MR) is 232 cm³/mol. The summed E-state index contributed by atoms with van der Waals surface area (Å²) in [6.07, 6.45) is 3.34. The van der Waals surface area contributed by atoms with Gasteiger partial charge < -0.3 is 14.1 Å². The second-order valence-electron chi connectivity index (χ2n) is 15.7. The van der Waals surface area contributed by atoms with Gasteiger partial charge in [0.15, 0.2) is 5.78 Å². The molecule has 0 fully saturated rings. The Morgan fingerprint density at radius 2 is 1.55 bits per heavy atom. The van der Waals surface area contributed by atoms with Crippen molar-refractivity contribution in [3.8, 4) is 5.75 Å². The largest absolute Gasteiger partial charge is 0.492 e. The number of benzene rings is 5. The molecule has 56 heavy (non-hydrogen) atoms. The van der Waals surface area contributed by atoms with Crippen molar-refractivity contribution >= 4 is 59.3 Å². The van der Waals surface area contributed by atoms with Crippen LogP contribution in [-0.4, -0.2) is 40.0 Å². The molecule has 6 nitrogen and oxygen atoms in total. The van der Waals surface area contributed by atoms with Crippen molar-refractivity contribution in [2.24, 2.45) is 11.1 Å². The molecule has 0 radical (unpaired) electrons. The molecule has 0 amide bonds. The topological polar surface area (TPSA) is 69.9 Å². The van der Waals surface area contributed by atoms with Gasteiger partial charge in [-0.3, -0.25) is 4.79 Å². The SMILES string of the molecule is CCCCC(CC)Cn1c2ccc(/C(=N\OC(C)=O)c3ccccc3OCC(C)(P)C(C)F)cc2c2cc(C(=O)c3c(C)cc(C)cc3C)c3ccccc3c21. The van der Waals surface area contributed by atoms with E-state index >= 15 is 0 Å². The first-order valence-corrected chi connectivity index (χ1v) is 20.3. The van der Waals surface area contributed by atoms with E-state index in [1.165, 1.54) is 13.8 Å². The van der Waals surface area contributed by atoms with E-state index in [0.717, 1.165) is 87.1 Å². The molecule has 5 aromatic carbocycles. The molecule has 1 aromatic heterocycles. The van der Waals surface area contributed by atoms with Crippen LogP contribution < -0.4 is 4.74 Å². The van der Waals surface area contributed by atoms with Crippen LogP contribution >= 0.6 is 9.24 Å². The maximum atomic E-state index is 14.7. The number of unbranched alkanes of at least 4 members (excludes halogenated alkanes) is 1. The molecular weight excluding hydrogens is 719 g/mol. The molecule has 0 aliphatic rings. The number of aromatic nitrogens is 1. The summed E-state index contributed by atoms with van der Waals surface area (Å²) in [5, 5.41) is 7.44. The summed E-state index contributed by atoms with van der Waals surface area (Å²) in [6.45, 7) is 16.1. The second kappa shape index (κ2) is 17.1. The van der Waals surface area contributed by atoms with Gasteiger partial charge in [0.25, 0.3) is 0 Å². The molecule has 0 N–H and O–H groups in total. The maximum Gasteiger partial charge on any atom is 0.332 e. The number of hydrogen-bond acceptors (Lipinski definition) is 5. The number of hydrogen-bond donors (Lipinski definition) is 0. The number of aryl methyl sites for hydroxylation is 3. The Balaban J connectivity index is 1.63. The summed E-state index contributed by atoms with van der Waals surface area (Å²) < 4.78 is 23.2. The zero-order valence-corrected chi connectivity index (χ0v) is 35.1. The van der Waals surface area contributed by atoms with Crippen molar-refractivity contribution in [3.05, 3.63) is 124 Å². The van der Waals surface area contributed by atoms with E-state index in [9.17, 15) is 14.0 Å². The summed E-state index contributed by atoms with van der Waals surface area (Å²) in [4.78, 5) is 32.3. The number of oxime groups is 1. The molecule has 292 valence electrons. The molecular formula is C48H54FN2O4P. The first-order valence-electron chi connectivity index (χ1n) is 19.8. The lowest BCUT2D eigenvalue weighted by Gasteiger charge is -2.26. The predicted octanol–water partition coefficient (Wildman–Crippen LogP) is 12.0. The molecule has 8 heteroatoms. The minimum absolute atomic E-state index is 0.00333. The van der Waals surface area contributed by atoms with Crippen LogP contribution in [0.3, 0.4) is 0 Å². The maximum absolute atomic E-state index is 14.7. The standard InChI is InChI=1S/C48H54FN2O4P/c1-9-11-16-34(10-2)27-51-42-22-21-35(45(50-55-33(7)52)38-19-14-15-20-43(38)54-28-48(8,56)32(6)49)25-39(42)40-26-41(36-17-12-13-18-37(36)46(40)51)47(53)44-30(4)23-29(3)24-31(44)5/h12-15,17-26,32,34H,9-11,16,27-28,56H2,1-8H3/b50-45+. The Kier molecular flexibility index (Phi) is 12.5. The van der Waals surface area contributed by atoms with Crippen LogP contribution in [-0.2, 0) is 16.2 Å². The third-order valence-electron chi connectivity index (χ3n) is 11.1. The van der Waals surface area contributed by atoms with Crippen LogP contribution in [0.2, 0.25) is 0 Å². The van der Waals surface area contributed by atoms with Gasteiger partial charge in [-0.25, -0.2) is 9.18 Å². The van der Waals surface area contributed by atoms with Gasteiger partial charge in [-0.2, -0.15) is 0 Å². The van der Waals surface area contributed by atoms with Crippen molar-refractivity contribution in [2.75, 3.05) is 6.61 Å². The lowest BCUT2D eigenvalue weighted by atomic mass is 9.89. The second-order valence-corrected chi connectivity index (χ2v) is 17.0. The average Bonchev–Trinajstić information content (AvgIpc) is 3.47. The fraction of sp³-hybridized carbons (Fsp3) is 0.354. The fourth-order valence-electron chi connectivity index (χ4n) is 7.84. The summed E-state index contributed by atoms with van der Waals surface area (Å²) in [6, 6.07) is 28.0. The zero-order chi connectivity index (χ0) is 40.3. The van der Waals surface area contributed by atoms with Crippen molar-refractivity contribution in [2.45, 2.75) is 98.9 Å². The number of ether oxygens (including phenoxy) is 1. The fourth-order valence-corrected chi connectivity index (χ4v) is 7.92. The van der Waals surface area contributed by atoms with Gasteiger partial charge in [-0.15, -0.1) is 9.24 Å². The van der Waals surface area contributed by atoms with Crippen LogP contribution in [0.5, 0.6) is 5.75 Å². The van der Waals surface area contributed by atoms with Crippen molar-refractivity contribution in [1.29, 1.82) is 0 Å². The number of carbonyl (C=O) groups is 2. The molecule has 0 saturated carbocycles. The van der Waals surface area contributed by atoms with Gasteiger partial charge in [0.2, 0.25) is 0 Å². The summed E-state index contributed by atoms with van der Waals surface area (Å²) in [5.41, 5.74) is 8.24. The highest BCUT2D eigenvalue weighted by Gasteiger charge is 2.28. The highest BCUT2D eigenvalue weighted by atomic mass is 31.0.